The van der Waals surface area contributed by atoms with Crippen LogP contribution in [0.1, 0.15) is 12.5 Å². The second-order valence-corrected chi connectivity index (χ2v) is 6.61. The standard InChI is InChI=1S/C19H19N5O3/c1-11(25)22-15-9-26-18-16(10-27-17(15)18)24-19-21-6-5-14(23-19)13-4-2-3-12(7-13)8-20/h2-7,15-18H,9-10H2,1H3,(H,22,25)(H,21,23,24)/t15-,16-,17+,18+/m0/s1. The van der Waals surface area contributed by atoms with E-state index >= 15 is 0 Å². The third-order valence-electron chi connectivity index (χ3n) is 4.70. The van der Waals surface area contributed by atoms with E-state index in [0.29, 0.717) is 24.7 Å². The van der Waals surface area contributed by atoms with Crippen LogP contribution in [0.25, 0.3) is 11.3 Å². The number of hydrogen-bond acceptors (Lipinski definition) is 7. The summed E-state index contributed by atoms with van der Waals surface area (Å²) in [6.45, 7) is 2.36. The van der Waals surface area contributed by atoms with E-state index in [0.717, 1.165) is 11.3 Å². The number of anilines is 1. The lowest BCUT2D eigenvalue weighted by Crippen LogP contribution is -2.44. The van der Waals surface area contributed by atoms with Crippen molar-refractivity contribution in [3.05, 3.63) is 42.1 Å². The van der Waals surface area contributed by atoms with E-state index in [9.17, 15) is 4.79 Å². The van der Waals surface area contributed by atoms with Gasteiger partial charge in [-0.2, -0.15) is 5.26 Å². The number of carbonyl (C=O) groups excluding carboxylic acids is 1. The van der Waals surface area contributed by atoms with Crippen LogP contribution >= 0.6 is 0 Å². The predicted molar refractivity (Wildman–Crippen MR) is 96.7 cm³/mol. The van der Waals surface area contributed by atoms with Crippen LogP contribution in [0.3, 0.4) is 0 Å². The van der Waals surface area contributed by atoms with Crippen molar-refractivity contribution in [2.45, 2.75) is 31.2 Å². The molecule has 8 nitrogen and oxygen atoms in total. The zero-order valence-corrected chi connectivity index (χ0v) is 14.8. The Kier molecular flexibility index (Phi) is 4.71. The van der Waals surface area contributed by atoms with Crippen molar-refractivity contribution in [2.24, 2.45) is 0 Å². The van der Waals surface area contributed by atoms with Crippen LogP contribution in [0.4, 0.5) is 5.95 Å². The second-order valence-electron chi connectivity index (χ2n) is 6.61. The minimum atomic E-state index is -0.179. The van der Waals surface area contributed by atoms with Crippen molar-refractivity contribution < 1.29 is 14.3 Å². The molecule has 0 spiro atoms. The van der Waals surface area contributed by atoms with Gasteiger partial charge in [0, 0.05) is 18.7 Å². The number of amides is 1. The number of ether oxygens (including phenoxy) is 2. The highest BCUT2D eigenvalue weighted by Gasteiger charge is 2.48. The topological polar surface area (TPSA) is 109 Å². The number of nitriles is 1. The van der Waals surface area contributed by atoms with Crippen LogP contribution in [-0.2, 0) is 14.3 Å². The average Bonchev–Trinajstić information content (AvgIpc) is 3.25. The van der Waals surface area contributed by atoms with E-state index in [1.807, 2.05) is 12.1 Å². The molecule has 4 atom stereocenters. The van der Waals surface area contributed by atoms with Gasteiger partial charge in [-0.1, -0.05) is 12.1 Å². The maximum absolute atomic E-state index is 11.3. The first-order chi connectivity index (χ1) is 13.1. The first-order valence-electron chi connectivity index (χ1n) is 8.74. The molecule has 1 aromatic carbocycles. The van der Waals surface area contributed by atoms with E-state index in [1.54, 1.807) is 24.4 Å². The van der Waals surface area contributed by atoms with Crippen molar-refractivity contribution in [3.63, 3.8) is 0 Å². The number of fused-ring (bicyclic) bond motifs is 1. The molecule has 138 valence electrons. The van der Waals surface area contributed by atoms with Crippen molar-refractivity contribution in [3.8, 4) is 17.3 Å². The summed E-state index contributed by atoms with van der Waals surface area (Å²) in [5.41, 5.74) is 2.16. The summed E-state index contributed by atoms with van der Waals surface area (Å²) in [7, 11) is 0. The van der Waals surface area contributed by atoms with Crippen LogP contribution in [0.5, 0.6) is 0 Å². The first kappa shape index (κ1) is 17.4. The SMILES string of the molecule is CC(=O)N[C@H]1CO[C@H]2[C@@H]1OC[C@@H]2Nc1nccc(-c2cccc(C#N)c2)n1. The molecule has 2 fully saturated rings. The van der Waals surface area contributed by atoms with E-state index in [2.05, 4.69) is 26.7 Å². The summed E-state index contributed by atoms with van der Waals surface area (Å²) >= 11 is 0. The Balaban J connectivity index is 1.48. The fourth-order valence-electron chi connectivity index (χ4n) is 3.51. The normalized spacial score (nSPS) is 26.2. The van der Waals surface area contributed by atoms with Gasteiger partial charge in [-0.05, 0) is 18.2 Å². The Bertz CT molecular complexity index is 897. The molecule has 1 aromatic heterocycles. The van der Waals surface area contributed by atoms with Gasteiger partial charge in [0.1, 0.15) is 12.2 Å². The summed E-state index contributed by atoms with van der Waals surface area (Å²) in [4.78, 5) is 20.1. The van der Waals surface area contributed by atoms with E-state index in [1.165, 1.54) is 6.92 Å². The third-order valence-corrected chi connectivity index (χ3v) is 4.70. The molecular weight excluding hydrogens is 346 g/mol. The van der Waals surface area contributed by atoms with Crippen LogP contribution in [-0.4, -0.2) is 53.4 Å². The zero-order valence-electron chi connectivity index (χ0n) is 14.8. The number of benzene rings is 1. The molecule has 0 aliphatic carbocycles. The monoisotopic (exact) mass is 365 g/mol. The molecule has 2 saturated heterocycles. The number of rotatable bonds is 4. The molecule has 2 aromatic rings. The summed E-state index contributed by atoms with van der Waals surface area (Å²) in [6, 6.07) is 11.0. The molecule has 1 amide bonds. The lowest BCUT2D eigenvalue weighted by Gasteiger charge is -2.18. The summed E-state index contributed by atoms with van der Waals surface area (Å²) in [5.74, 6) is 0.371. The molecule has 0 unspecified atom stereocenters. The Morgan fingerprint density at radius 3 is 2.78 bits per heavy atom. The van der Waals surface area contributed by atoms with Gasteiger partial charge in [0.25, 0.3) is 0 Å². The highest BCUT2D eigenvalue weighted by molar-refractivity contribution is 5.73. The molecule has 27 heavy (non-hydrogen) atoms. The maximum Gasteiger partial charge on any atom is 0.223 e. The summed E-state index contributed by atoms with van der Waals surface area (Å²) in [6.07, 6.45) is 1.32. The van der Waals surface area contributed by atoms with Crippen LogP contribution in [0.15, 0.2) is 36.5 Å². The van der Waals surface area contributed by atoms with Gasteiger partial charge < -0.3 is 20.1 Å². The van der Waals surface area contributed by atoms with E-state index in [4.69, 9.17) is 14.7 Å². The number of carbonyl (C=O) groups is 1. The van der Waals surface area contributed by atoms with E-state index in [-0.39, 0.29) is 30.2 Å². The van der Waals surface area contributed by atoms with Gasteiger partial charge in [-0.3, -0.25) is 4.79 Å². The Morgan fingerprint density at radius 1 is 1.22 bits per heavy atom. The molecule has 2 aliphatic heterocycles. The van der Waals surface area contributed by atoms with Gasteiger partial charge in [-0.25, -0.2) is 9.97 Å². The van der Waals surface area contributed by atoms with Crippen molar-refractivity contribution in [1.82, 2.24) is 15.3 Å². The molecule has 0 bridgehead atoms. The molecule has 4 rings (SSSR count). The second kappa shape index (κ2) is 7.31. The van der Waals surface area contributed by atoms with Crippen molar-refractivity contribution >= 4 is 11.9 Å². The van der Waals surface area contributed by atoms with Gasteiger partial charge >= 0.3 is 0 Å². The first-order valence-corrected chi connectivity index (χ1v) is 8.74. The molecular formula is C19H19N5O3. The van der Waals surface area contributed by atoms with E-state index < -0.39 is 0 Å². The van der Waals surface area contributed by atoms with Crippen molar-refractivity contribution in [1.29, 1.82) is 5.26 Å². The highest BCUT2D eigenvalue weighted by Crippen LogP contribution is 2.29. The van der Waals surface area contributed by atoms with Crippen molar-refractivity contribution in [2.75, 3.05) is 18.5 Å². The Labute approximate surface area is 156 Å². The van der Waals surface area contributed by atoms with Gasteiger partial charge in [-0.15, -0.1) is 0 Å². The van der Waals surface area contributed by atoms with Gasteiger partial charge in [0.2, 0.25) is 11.9 Å². The van der Waals surface area contributed by atoms with Crippen LogP contribution in [0, 0.1) is 11.3 Å². The fourth-order valence-corrected chi connectivity index (χ4v) is 3.51. The van der Waals surface area contributed by atoms with Gasteiger partial charge in [0.05, 0.1) is 42.6 Å². The molecule has 0 saturated carbocycles. The number of hydrogen-bond donors (Lipinski definition) is 2. The minimum absolute atomic E-state index is 0.0973. The van der Waals surface area contributed by atoms with Crippen LogP contribution < -0.4 is 10.6 Å². The lowest BCUT2D eigenvalue weighted by molar-refractivity contribution is -0.120. The summed E-state index contributed by atoms with van der Waals surface area (Å²) < 4.78 is 11.7. The Hall–Kier alpha value is -3.02. The van der Waals surface area contributed by atoms with Crippen LogP contribution in [0.2, 0.25) is 0 Å². The molecule has 2 aliphatic rings. The quantitative estimate of drug-likeness (QED) is 0.835. The molecule has 2 N–H and O–H groups in total. The summed E-state index contributed by atoms with van der Waals surface area (Å²) in [5, 5.41) is 15.2. The Morgan fingerprint density at radius 2 is 2.00 bits per heavy atom. The minimum Gasteiger partial charge on any atom is -0.371 e. The largest absolute Gasteiger partial charge is 0.371 e. The zero-order chi connectivity index (χ0) is 18.8. The lowest BCUT2D eigenvalue weighted by atomic mass is 10.1. The smallest absolute Gasteiger partial charge is 0.223 e. The number of nitrogens with zero attached hydrogens (tertiary/aromatic N) is 3. The molecule has 3 heterocycles. The predicted octanol–water partition coefficient (Wildman–Crippen LogP) is 1.10. The molecule has 8 heteroatoms. The number of aromatic nitrogens is 2. The third kappa shape index (κ3) is 3.60. The molecule has 0 radical (unpaired) electrons. The maximum atomic E-state index is 11.3. The average molecular weight is 365 g/mol. The highest BCUT2D eigenvalue weighted by atomic mass is 16.6. The fraction of sp³-hybridized carbons (Fsp3) is 0.368. The van der Waals surface area contributed by atoms with Gasteiger partial charge in [0.15, 0.2) is 0 Å². The number of nitrogens with one attached hydrogen (secondary N) is 2.